The van der Waals surface area contributed by atoms with E-state index >= 15 is 0 Å². The van der Waals surface area contributed by atoms with Crippen molar-refractivity contribution in [2.75, 3.05) is 39.5 Å². The Kier molecular flexibility index (Phi) is 5.49. The van der Waals surface area contributed by atoms with Crippen molar-refractivity contribution < 1.29 is 8.42 Å². The highest BCUT2D eigenvalue weighted by Gasteiger charge is 2.37. The Labute approximate surface area is 124 Å². The number of nitrogens with zero attached hydrogens (tertiary/aromatic N) is 2. The Morgan fingerprint density at radius 1 is 1.15 bits per heavy atom. The number of rotatable bonds is 5. The van der Waals surface area contributed by atoms with Gasteiger partial charge in [0.05, 0.1) is 5.25 Å². The van der Waals surface area contributed by atoms with Gasteiger partial charge in [-0.05, 0) is 51.7 Å². The lowest BCUT2D eigenvalue weighted by atomic mass is 9.99. The molecule has 0 N–H and O–H groups in total. The molecular formula is C15H30N2O2S. The zero-order valence-corrected chi connectivity index (χ0v) is 14.0. The molecule has 1 heterocycles. The van der Waals surface area contributed by atoms with E-state index in [0.717, 1.165) is 38.3 Å². The predicted molar refractivity (Wildman–Crippen MR) is 83.7 cm³/mol. The van der Waals surface area contributed by atoms with Crippen LogP contribution in [0.5, 0.6) is 0 Å². The lowest BCUT2D eigenvalue weighted by Crippen LogP contribution is -2.45. The largest absolute Gasteiger partial charge is 0.302 e. The van der Waals surface area contributed by atoms with E-state index in [0.29, 0.717) is 0 Å². The van der Waals surface area contributed by atoms with E-state index in [1.54, 1.807) is 0 Å². The summed E-state index contributed by atoms with van der Waals surface area (Å²) in [5.41, 5.74) is 0. The van der Waals surface area contributed by atoms with E-state index in [-0.39, 0.29) is 11.3 Å². The van der Waals surface area contributed by atoms with Crippen LogP contribution in [0.3, 0.4) is 0 Å². The topological polar surface area (TPSA) is 40.6 Å². The van der Waals surface area contributed by atoms with Crippen LogP contribution in [0.4, 0.5) is 0 Å². The molecule has 2 atom stereocenters. The van der Waals surface area contributed by atoms with Gasteiger partial charge in [0.15, 0.2) is 9.84 Å². The molecule has 1 saturated carbocycles. The van der Waals surface area contributed by atoms with Crippen LogP contribution in [-0.2, 0) is 9.84 Å². The second kappa shape index (κ2) is 6.75. The van der Waals surface area contributed by atoms with Crippen molar-refractivity contribution >= 4 is 9.84 Å². The summed E-state index contributed by atoms with van der Waals surface area (Å²) in [6.45, 7) is 6.81. The summed E-state index contributed by atoms with van der Waals surface area (Å²) in [6.07, 6.45) is 6.93. The van der Waals surface area contributed by atoms with Crippen molar-refractivity contribution in [3.05, 3.63) is 0 Å². The molecular weight excluding hydrogens is 272 g/mol. The van der Waals surface area contributed by atoms with Crippen LogP contribution in [0.1, 0.15) is 39.0 Å². The summed E-state index contributed by atoms with van der Waals surface area (Å²) in [7, 11) is -0.805. The molecule has 20 heavy (non-hydrogen) atoms. The molecule has 0 amide bonds. The molecule has 0 bridgehead atoms. The molecule has 5 heteroatoms. The molecule has 1 aliphatic carbocycles. The van der Waals surface area contributed by atoms with E-state index < -0.39 is 9.84 Å². The Bertz CT molecular complexity index is 402. The van der Waals surface area contributed by atoms with Crippen molar-refractivity contribution in [3.8, 4) is 0 Å². The number of hydrogen-bond acceptors (Lipinski definition) is 4. The molecule has 2 unspecified atom stereocenters. The standard InChI is InChI=1S/C15H30N2O2S/c1-13-7-9-17(10-8-13)12-11-16(2)14-5-4-6-15(14)20(3,18)19/h13-15H,4-12H2,1-3H3. The minimum absolute atomic E-state index is 0.145. The highest BCUT2D eigenvalue weighted by atomic mass is 32.2. The first kappa shape index (κ1) is 16.2. The Hall–Kier alpha value is -0.130. The zero-order chi connectivity index (χ0) is 14.8. The Balaban J connectivity index is 1.81. The van der Waals surface area contributed by atoms with Gasteiger partial charge in [-0.25, -0.2) is 8.42 Å². The maximum atomic E-state index is 11.9. The minimum atomic E-state index is -2.90. The van der Waals surface area contributed by atoms with Crippen LogP contribution in [0.2, 0.25) is 0 Å². The normalized spacial score (nSPS) is 30.2. The average molecular weight is 302 g/mol. The molecule has 118 valence electrons. The molecule has 4 nitrogen and oxygen atoms in total. The van der Waals surface area contributed by atoms with E-state index in [9.17, 15) is 8.42 Å². The van der Waals surface area contributed by atoms with Crippen molar-refractivity contribution in [2.24, 2.45) is 5.92 Å². The summed E-state index contributed by atoms with van der Waals surface area (Å²) < 4.78 is 23.7. The lowest BCUT2D eigenvalue weighted by Gasteiger charge is -2.34. The quantitative estimate of drug-likeness (QED) is 0.774. The van der Waals surface area contributed by atoms with Gasteiger partial charge >= 0.3 is 0 Å². The highest BCUT2D eigenvalue weighted by Crippen LogP contribution is 2.28. The molecule has 1 aliphatic heterocycles. The third kappa shape index (κ3) is 4.18. The van der Waals surface area contributed by atoms with Crippen molar-refractivity contribution in [2.45, 2.75) is 50.3 Å². The van der Waals surface area contributed by atoms with E-state index in [4.69, 9.17) is 0 Å². The first-order valence-electron chi connectivity index (χ1n) is 7.99. The summed E-state index contributed by atoms with van der Waals surface area (Å²) in [5, 5.41) is -0.145. The van der Waals surface area contributed by atoms with Crippen LogP contribution in [0.25, 0.3) is 0 Å². The van der Waals surface area contributed by atoms with Gasteiger partial charge in [-0.2, -0.15) is 0 Å². The van der Waals surface area contributed by atoms with Crippen LogP contribution >= 0.6 is 0 Å². The third-order valence-electron chi connectivity index (χ3n) is 5.18. The molecule has 0 aromatic carbocycles. The Morgan fingerprint density at radius 3 is 2.40 bits per heavy atom. The lowest BCUT2D eigenvalue weighted by molar-refractivity contribution is 0.154. The second-order valence-electron chi connectivity index (χ2n) is 6.87. The SMILES string of the molecule is CC1CCN(CCN(C)C2CCCC2S(C)(=O)=O)CC1. The van der Waals surface area contributed by atoms with E-state index in [1.807, 2.05) is 0 Å². The van der Waals surface area contributed by atoms with Crippen molar-refractivity contribution in [3.63, 3.8) is 0 Å². The number of likely N-dealkylation sites (tertiary alicyclic amines) is 1. The summed E-state index contributed by atoms with van der Waals surface area (Å²) in [6, 6.07) is 0.230. The van der Waals surface area contributed by atoms with E-state index in [1.165, 1.54) is 32.2 Å². The van der Waals surface area contributed by atoms with Gasteiger partial charge in [-0.1, -0.05) is 13.3 Å². The van der Waals surface area contributed by atoms with Crippen molar-refractivity contribution in [1.29, 1.82) is 0 Å². The number of likely N-dealkylation sites (N-methyl/N-ethyl adjacent to an activating group) is 1. The minimum Gasteiger partial charge on any atom is -0.302 e. The highest BCUT2D eigenvalue weighted by molar-refractivity contribution is 7.91. The average Bonchev–Trinajstić information content (AvgIpc) is 2.87. The maximum Gasteiger partial charge on any atom is 0.151 e. The number of piperidine rings is 1. The van der Waals surface area contributed by atoms with Crippen LogP contribution in [0.15, 0.2) is 0 Å². The summed E-state index contributed by atoms with van der Waals surface area (Å²) in [5.74, 6) is 0.869. The third-order valence-corrected chi connectivity index (χ3v) is 6.83. The zero-order valence-electron chi connectivity index (χ0n) is 13.2. The fourth-order valence-electron chi connectivity index (χ4n) is 3.66. The van der Waals surface area contributed by atoms with Crippen LogP contribution < -0.4 is 0 Å². The van der Waals surface area contributed by atoms with Gasteiger partial charge < -0.3 is 9.80 Å². The van der Waals surface area contributed by atoms with Gasteiger partial charge in [-0.15, -0.1) is 0 Å². The van der Waals surface area contributed by atoms with Gasteiger partial charge in [0.1, 0.15) is 0 Å². The van der Waals surface area contributed by atoms with Crippen molar-refractivity contribution in [1.82, 2.24) is 9.80 Å². The van der Waals surface area contributed by atoms with Crippen LogP contribution in [0, 0.1) is 5.92 Å². The fourth-order valence-corrected chi connectivity index (χ4v) is 5.17. The Morgan fingerprint density at radius 2 is 1.80 bits per heavy atom. The van der Waals surface area contributed by atoms with Gasteiger partial charge in [-0.3, -0.25) is 0 Å². The number of sulfone groups is 1. The molecule has 0 radical (unpaired) electrons. The summed E-state index contributed by atoms with van der Waals surface area (Å²) >= 11 is 0. The monoisotopic (exact) mass is 302 g/mol. The first-order valence-corrected chi connectivity index (χ1v) is 9.95. The first-order chi connectivity index (χ1) is 9.38. The second-order valence-corrected chi connectivity index (χ2v) is 9.14. The molecule has 1 saturated heterocycles. The molecule has 0 spiro atoms. The predicted octanol–water partition coefficient (Wildman–Crippen LogP) is 1.62. The van der Waals surface area contributed by atoms with Gasteiger partial charge in [0.2, 0.25) is 0 Å². The van der Waals surface area contributed by atoms with E-state index in [2.05, 4.69) is 23.8 Å². The molecule has 2 fully saturated rings. The van der Waals surface area contributed by atoms with Gasteiger partial charge in [0.25, 0.3) is 0 Å². The summed E-state index contributed by atoms with van der Waals surface area (Å²) in [4.78, 5) is 4.82. The van der Waals surface area contributed by atoms with Gasteiger partial charge in [0, 0.05) is 25.4 Å². The molecule has 0 aromatic rings. The molecule has 2 rings (SSSR count). The maximum absolute atomic E-state index is 11.9. The fraction of sp³-hybridized carbons (Fsp3) is 1.00. The number of hydrogen-bond donors (Lipinski definition) is 0. The van der Waals surface area contributed by atoms with Crippen LogP contribution in [-0.4, -0.2) is 69.0 Å². The smallest absolute Gasteiger partial charge is 0.151 e. The molecule has 2 aliphatic rings. The molecule has 0 aromatic heterocycles.